The molecule has 0 N–H and O–H groups in total. The Morgan fingerprint density at radius 2 is 1.78 bits per heavy atom. The fraction of sp³-hybridized carbons (Fsp3) is 0.368. The van der Waals surface area contributed by atoms with Crippen LogP contribution >= 0.6 is 0 Å². The third kappa shape index (κ3) is 2.81. The Morgan fingerprint density at radius 3 is 2.61 bits per heavy atom. The Balaban J connectivity index is 1.56. The molecular weight excluding hydrogens is 286 g/mol. The predicted molar refractivity (Wildman–Crippen MR) is 90.6 cm³/mol. The number of rotatable bonds is 2. The van der Waals surface area contributed by atoms with Crippen molar-refractivity contribution in [1.82, 2.24) is 9.88 Å². The molecule has 2 aliphatic heterocycles. The van der Waals surface area contributed by atoms with Crippen molar-refractivity contribution in [2.75, 3.05) is 24.5 Å². The van der Waals surface area contributed by atoms with Crippen molar-refractivity contribution in [3.8, 4) is 0 Å². The number of carbonyl (C=O) groups is 1. The fourth-order valence-corrected chi connectivity index (χ4v) is 3.53. The number of hydrogen-bond donors (Lipinski definition) is 0. The summed E-state index contributed by atoms with van der Waals surface area (Å²) in [5, 5.41) is 0. The molecule has 0 aliphatic carbocycles. The first-order chi connectivity index (χ1) is 11.3. The van der Waals surface area contributed by atoms with E-state index >= 15 is 0 Å². The number of nitrogens with zero attached hydrogens (tertiary/aromatic N) is 3. The van der Waals surface area contributed by atoms with Gasteiger partial charge in [-0.2, -0.15) is 0 Å². The van der Waals surface area contributed by atoms with Gasteiger partial charge in [0.2, 0.25) is 0 Å². The Kier molecular flexibility index (Phi) is 3.74. The number of hydrogen-bond acceptors (Lipinski definition) is 3. The van der Waals surface area contributed by atoms with Crippen LogP contribution in [0.2, 0.25) is 0 Å². The van der Waals surface area contributed by atoms with Gasteiger partial charge < -0.3 is 9.80 Å². The zero-order valence-corrected chi connectivity index (χ0v) is 13.2. The molecule has 4 rings (SSSR count). The van der Waals surface area contributed by atoms with Gasteiger partial charge in [-0.25, -0.2) is 0 Å². The molecule has 118 valence electrons. The highest BCUT2D eigenvalue weighted by molar-refractivity contribution is 5.93. The van der Waals surface area contributed by atoms with Crippen molar-refractivity contribution in [2.24, 2.45) is 0 Å². The van der Waals surface area contributed by atoms with Crippen LogP contribution in [0.5, 0.6) is 0 Å². The van der Waals surface area contributed by atoms with Crippen molar-refractivity contribution in [1.29, 1.82) is 0 Å². The second kappa shape index (κ2) is 6.03. The first-order valence-corrected chi connectivity index (χ1v) is 8.38. The number of benzene rings is 1. The van der Waals surface area contributed by atoms with Gasteiger partial charge >= 0.3 is 0 Å². The van der Waals surface area contributed by atoms with Crippen LogP contribution in [0.25, 0.3) is 0 Å². The largest absolute Gasteiger partial charge is 0.367 e. The van der Waals surface area contributed by atoms with Gasteiger partial charge in [-0.05, 0) is 42.5 Å². The van der Waals surface area contributed by atoms with Crippen molar-refractivity contribution >= 4 is 11.6 Å². The van der Waals surface area contributed by atoms with Crippen LogP contribution in [0.3, 0.4) is 0 Å². The van der Waals surface area contributed by atoms with E-state index in [1.807, 2.05) is 17.0 Å². The number of fused-ring (bicyclic) bond motifs is 1. The quantitative estimate of drug-likeness (QED) is 0.856. The van der Waals surface area contributed by atoms with Crippen LogP contribution < -0.4 is 4.90 Å². The van der Waals surface area contributed by atoms with E-state index in [4.69, 9.17) is 0 Å². The standard InChI is InChI=1S/C19H21N3O/c23-19(21-10-3-4-11-21)18-13-17(7-9-20-18)22-12-8-15-5-1-2-6-16(15)14-22/h1-2,5-7,9,13H,3-4,8,10-12,14H2. The van der Waals surface area contributed by atoms with Gasteiger partial charge in [-0.15, -0.1) is 0 Å². The van der Waals surface area contributed by atoms with Gasteiger partial charge in [0.15, 0.2) is 0 Å². The van der Waals surface area contributed by atoms with Crippen molar-refractivity contribution < 1.29 is 4.79 Å². The summed E-state index contributed by atoms with van der Waals surface area (Å²) in [6.45, 7) is 3.61. The Hall–Kier alpha value is -2.36. The molecular formula is C19H21N3O. The monoisotopic (exact) mass is 307 g/mol. The molecule has 1 aromatic heterocycles. The number of pyridine rings is 1. The van der Waals surface area contributed by atoms with Crippen molar-refractivity contribution in [3.05, 3.63) is 59.4 Å². The van der Waals surface area contributed by atoms with Crippen LogP contribution in [0, 0.1) is 0 Å². The molecule has 4 nitrogen and oxygen atoms in total. The van der Waals surface area contributed by atoms with E-state index in [-0.39, 0.29) is 5.91 Å². The molecule has 2 aromatic rings. The third-order valence-electron chi connectivity index (χ3n) is 4.85. The Morgan fingerprint density at radius 1 is 1.00 bits per heavy atom. The third-order valence-corrected chi connectivity index (χ3v) is 4.85. The van der Waals surface area contributed by atoms with E-state index in [2.05, 4.69) is 34.1 Å². The zero-order chi connectivity index (χ0) is 15.6. The second-order valence-electron chi connectivity index (χ2n) is 6.34. The molecule has 1 amide bonds. The average Bonchev–Trinajstić information content (AvgIpc) is 3.15. The summed E-state index contributed by atoms with van der Waals surface area (Å²) in [7, 11) is 0. The molecule has 0 saturated carbocycles. The van der Waals surface area contributed by atoms with E-state index in [0.717, 1.165) is 51.1 Å². The summed E-state index contributed by atoms with van der Waals surface area (Å²) in [5.41, 5.74) is 4.48. The molecule has 0 radical (unpaired) electrons. The molecule has 1 aromatic carbocycles. The lowest BCUT2D eigenvalue weighted by Gasteiger charge is -2.31. The lowest BCUT2D eigenvalue weighted by Crippen LogP contribution is -2.31. The van der Waals surface area contributed by atoms with Crippen LogP contribution in [0.1, 0.15) is 34.5 Å². The minimum atomic E-state index is 0.0711. The van der Waals surface area contributed by atoms with Gasteiger partial charge in [0.25, 0.3) is 5.91 Å². The van der Waals surface area contributed by atoms with E-state index in [0.29, 0.717) is 5.69 Å². The lowest BCUT2D eigenvalue weighted by molar-refractivity contribution is 0.0787. The molecule has 0 atom stereocenters. The SMILES string of the molecule is O=C(c1cc(N2CCc3ccccc3C2)ccn1)N1CCCC1. The summed E-state index contributed by atoms with van der Waals surface area (Å²) in [6.07, 6.45) is 5.02. The number of anilines is 1. The average molecular weight is 307 g/mol. The molecule has 3 heterocycles. The predicted octanol–water partition coefficient (Wildman–Crippen LogP) is 2.88. The van der Waals surface area contributed by atoms with E-state index in [1.54, 1.807) is 6.20 Å². The normalized spacial score (nSPS) is 17.2. The summed E-state index contributed by atoms with van der Waals surface area (Å²) in [4.78, 5) is 21.1. The summed E-state index contributed by atoms with van der Waals surface area (Å²) < 4.78 is 0. The summed E-state index contributed by atoms with van der Waals surface area (Å²) in [5.74, 6) is 0.0711. The minimum Gasteiger partial charge on any atom is -0.367 e. The zero-order valence-electron chi connectivity index (χ0n) is 13.2. The summed E-state index contributed by atoms with van der Waals surface area (Å²) in [6, 6.07) is 12.6. The molecule has 0 bridgehead atoms. The Labute approximate surface area is 136 Å². The van der Waals surface area contributed by atoms with Gasteiger partial charge in [0, 0.05) is 38.1 Å². The molecule has 0 spiro atoms. The first kappa shape index (κ1) is 14.2. The van der Waals surface area contributed by atoms with Crippen LogP contribution in [0.15, 0.2) is 42.6 Å². The van der Waals surface area contributed by atoms with Gasteiger partial charge in [0.1, 0.15) is 5.69 Å². The number of carbonyl (C=O) groups excluding carboxylic acids is 1. The topological polar surface area (TPSA) is 36.4 Å². The van der Waals surface area contributed by atoms with Crippen LogP contribution in [0.4, 0.5) is 5.69 Å². The molecule has 23 heavy (non-hydrogen) atoms. The molecule has 0 unspecified atom stereocenters. The maximum Gasteiger partial charge on any atom is 0.272 e. The van der Waals surface area contributed by atoms with Gasteiger partial charge in [-0.3, -0.25) is 9.78 Å². The van der Waals surface area contributed by atoms with Crippen LogP contribution in [-0.2, 0) is 13.0 Å². The van der Waals surface area contributed by atoms with Gasteiger partial charge in [-0.1, -0.05) is 24.3 Å². The number of likely N-dealkylation sites (tertiary alicyclic amines) is 1. The molecule has 1 fully saturated rings. The second-order valence-corrected chi connectivity index (χ2v) is 6.34. The number of aromatic nitrogens is 1. The first-order valence-electron chi connectivity index (χ1n) is 8.38. The van der Waals surface area contributed by atoms with Gasteiger partial charge in [0.05, 0.1) is 0 Å². The van der Waals surface area contributed by atoms with E-state index < -0.39 is 0 Å². The Bertz CT molecular complexity index is 722. The fourth-order valence-electron chi connectivity index (χ4n) is 3.53. The molecule has 4 heteroatoms. The van der Waals surface area contributed by atoms with E-state index in [9.17, 15) is 4.79 Å². The number of amides is 1. The highest BCUT2D eigenvalue weighted by Crippen LogP contribution is 2.25. The lowest BCUT2D eigenvalue weighted by atomic mass is 9.99. The smallest absolute Gasteiger partial charge is 0.272 e. The highest BCUT2D eigenvalue weighted by Gasteiger charge is 2.22. The summed E-state index contributed by atoms with van der Waals surface area (Å²) >= 11 is 0. The van der Waals surface area contributed by atoms with Crippen LogP contribution in [-0.4, -0.2) is 35.4 Å². The van der Waals surface area contributed by atoms with Crippen molar-refractivity contribution in [3.63, 3.8) is 0 Å². The molecule has 2 aliphatic rings. The van der Waals surface area contributed by atoms with Crippen molar-refractivity contribution in [2.45, 2.75) is 25.8 Å². The molecule has 1 saturated heterocycles. The maximum atomic E-state index is 12.5. The van der Waals surface area contributed by atoms with E-state index in [1.165, 1.54) is 11.1 Å². The minimum absolute atomic E-state index is 0.0711. The highest BCUT2D eigenvalue weighted by atomic mass is 16.2. The maximum absolute atomic E-state index is 12.5.